The fourth-order valence-electron chi connectivity index (χ4n) is 1.64. The van der Waals surface area contributed by atoms with Crippen LogP contribution in [0.15, 0.2) is 12.2 Å². The molecule has 1 unspecified atom stereocenters. The molecule has 0 bridgehead atoms. The number of carbonyl (C=O) groups is 1. The van der Waals surface area contributed by atoms with Crippen LogP contribution < -0.4 is 0 Å². The van der Waals surface area contributed by atoms with E-state index in [9.17, 15) is 4.79 Å². The zero-order chi connectivity index (χ0) is 15.1. The van der Waals surface area contributed by atoms with Crippen LogP contribution in [0.25, 0.3) is 0 Å². The van der Waals surface area contributed by atoms with Gasteiger partial charge in [0.2, 0.25) is 0 Å². The molecule has 5 heteroatoms. The van der Waals surface area contributed by atoms with Crippen LogP contribution in [-0.4, -0.2) is 48.7 Å². The van der Waals surface area contributed by atoms with Gasteiger partial charge >= 0.3 is 5.97 Å². The lowest BCUT2D eigenvalue weighted by Crippen LogP contribution is -2.19. The summed E-state index contributed by atoms with van der Waals surface area (Å²) in [6, 6.07) is 0. The zero-order valence-corrected chi connectivity index (χ0v) is 12.4. The Morgan fingerprint density at radius 3 is 2.60 bits per heavy atom. The summed E-state index contributed by atoms with van der Waals surface area (Å²) < 4.78 is 9.98. The first kappa shape index (κ1) is 19.1. The van der Waals surface area contributed by atoms with Crippen LogP contribution in [0, 0.1) is 0 Å². The highest BCUT2D eigenvalue weighted by Crippen LogP contribution is 2.06. The molecule has 0 heterocycles. The van der Waals surface area contributed by atoms with Crippen molar-refractivity contribution in [2.75, 3.05) is 26.4 Å². The Balaban J connectivity index is 3.19. The van der Waals surface area contributed by atoms with Gasteiger partial charge in [0.15, 0.2) is 0 Å². The molecule has 0 aromatic rings. The summed E-state index contributed by atoms with van der Waals surface area (Å²) in [6.07, 6.45) is 8.89. The summed E-state index contributed by atoms with van der Waals surface area (Å²) in [5, 5.41) is 17.6. The first-order chi connectivity index (χ1) is 9.70. The molecule has 0 aromatic heterocycles. The van der Waals surface area contributed by atoms with Gasteiger partial charge in [0.1, 0.15) is 6.10 Å². The first-order valence-corrected chi connectivity index (χ1v) is 7.40. The number of aliphatic hydroxyl groups excluding tert-OH is 2. The molecular formula is C15H28O5. The predicted octanol–water partition coefficient (Wildman–Crippen LogP) is 1.82. The van der Waals surface area contributed by atoms with Crippen molar-refractivity contribution < 1.29 is 24.5 Å². The van der Waals surface area contributed by atoms with Crippen molar-refractivity contribution in [3.63, 3.8) is 0 Å². The van der Waals surface area contributed by atoms with Crippen molar-refractivity contribution in [2.45, 2.75) is 51.6 Å². The minimum Gasteiger partial charge on any atom is -0.463 e. The van der Waals surface area contributed by atoms with E-state index in [4.69, 9.17) is 19.7 Å². The van der Waals surface area contributed by atoms with Gasteiger partial charge in [-0.15, -0.1) is 0 Å². The molecule has 0 radical (unpaired) electrons. The predicted molar refractivity (Wildman–Crippen MR) is 77.4 cm³/mol. The van der Waals surface area contributed by atoms with Crippen LogP contribution in [-0.2, 0) is 14.3 Å². The number of carbonyl (C=O) groups excluding carboxylic acids is 1. The fourth-order valence-corrected chi connectivity index (χ4v) is 1.64. The third-order valence-corrected chi connectivity index (χ3v) is 2.72. The molecule has 0 saturated heterocycles. The molecule has 0 aliphatic rings. The van der Waals surface area contributed by atoms with Crippen LogP contribution in [0.5, 0.6) is 0 Å². The number of hydrogen-bond donors (Lipinski definition) is 2. The Morgan fingerprint density at radius 1 is 1.20 bits per heavy atom. The van der Waals surface area contributed by atoms with Crippen molar-refractivity contribution >= 4 is 5.97 Å². The Kier molecular flexibility index (Phi) is 13.8. The second-order valence-corrected chi connectivity index (χ2v) is 4.62. The second kappa shape index (κ2) is 14.5. The number of unbranched alkanes of at least 4 members (excludes halogenated alkanes) is 5. The molecule has 0 spiro atoms. The summed E-state index contributed by atoms with van der Waals surface area (Å²) >= 11 is 0. The molecule has 1 atom stereocenters. The van der Waals surface area contributed by atoms with Gasteiger partial charge in [-0.05, 0) is 26.2 Å². The van der Waals surface area contributed by atoms with E-state index in [1.807, 2.05) is 6.08 Å². The normalized spacial score (nSPS) is 12.8. The topological polar surface area (TPSA) is 76.0 Å². The summed E-state index contributed by atoms with van der Waals surface area (Å²) in [6.45, 7) is 2.79. The maximum atomic E-state index is 11.0. The summed E-state index contributed by atoms with van der Waals surface area (Å²) in [7, 11) is 0. The second-order valence-electron chi connectivity index (χ2n) is 4.62. The van der Waals surface area contributed by atoms with Crippen LogP contribution in [0.2, 0.25) is 0 Å². The summed E-state index contributed by atoms with van der Waals surface area (Å²) in [5.41, 5.74) is 0. The number of esters is 1. The van der Waals surface area contributed by atoms with E-state index in [0.717, 1.165) is 38.5 Å². The fraction of sp³-hybridized carbons (Fsp3) is 0.800. The molecule has 0 rings (SSSR count). The van der Waals surface area contributed by atoms with Crippen molar-refractivity contribution in [3.05, 3.63) is 12.2 Å². The van der Waals surface area contributed by atoms with E-state index in [2.05, 4.69) is 0 Å². The molecule has 118 valence electrons. The van der Waals surface area contributed by atoms with Gasteiger partial charge in [-0.3, -0.25) is 0 Å². The van der Waals surface area contributed by atoms with E-state index in [0.29, 0.717) is 13.2 Å². The Labute approximate surface area is 121 Å². The van der Waals surface area contributed by atoms with E-state index < -0.39 is 6.10 Å². The molecule has 0 aromatic carbocycles. The van der Waals surface area contributed by atoms with E-state index in [-0.39, 0.29) is 19.2 Å². The lowest BCUT2D eigenvalue weighted by Gasteiger charge is -2.07. The minimum atomic E-state index is -0.763. The van der Waals surface area contributed by atoms with Crippen molar-refractivity contribution in [1.82, 2.24) is 0 Å². The molecule has 0 amide bonds. The molecule has 2 N–H and O–H groups in total. The maximum Gasteiger partial charge on any atom is 0.330 e. The number of allylic oxidation sites excluding steroid dienone is 1. The molecule has 0 aliphatic heterocycles. The van der Waals surface area contributed by atoms with Gasteiger partial charge in [0.25, 0.3) is 0 Å². The smallest absolute Gasteiger partial charge is 0.330 e. The molecule has 0 aliphatic carbocycles. The van der Waals surface area contributed by atoms with Crippen LogP contribution in [0.4, 0.5) is 0 Å². The van der Waals surface area contributed by atoms with Crippen LogP contribution >= 0.6 is 0 Å². The Hall–Kier alpha value is -0.910. The van der Waals surface area contributed by atoms with Gasteiger partial charge in [-0.1, -0.05) is 25.3 Å². The van der Waals surface area contributed by atoms with Gasteiger partial charge < -0.3 is 19.7 Å². The SMILES string of the molecule is CCOC(=O)/C=C/CCCCCCCOCC(O)CO. The zero-order valence-electron chi connectivity index (χ0n) is 12.4. The van der Waals surface area contributed by atoms with Gasteiger partial charge in [0.05, 0.1) is 19.8 Å². The molecule has 0 saturated carbocycles. The minimum absolute atomic E-state index is 0.204. The number of aliphatic hydroxyl groups is 2. The maximum absolute atomic E-state index is 11.0. The number of ether oxygens (including phenoxy) is 2. The number of rotatable bonds is 13. The Bertz CT molecular complexity index is 253. The van der Waals surface area contributed by atoms with E-state index >= 15 is 0 Å². The first-order valence-electron chi connectivity index (χ1n) is 7.40. The van der Waals surface area contributed by atoms with Crippen LogP contribution in [0.1, 0.15) is 45.4 Å². The van der Waals surface area contributed by atoms with Crippen LogP contribution in [0.3, 0.4) is 0 Å². The molecular weight excluding hydrogens is 260 g/mol. The van der Waals surface area contributed by atoms with Crippen molar-refractivity contribution in [1.29, 1.82) is 0 Å². The quantitative estimate of drug-likeness (QED) is 0.307. The largest absolute Gasteiger partial charge is 0.463 e. The summed E-state index contributed by atoms with van der Waals surface area (Å²) in [4.78, 5) is 11.0. The van der Waals surface area contributed by atoms with E-state index in [1.165, 1.54) is 6.08 Å². The molecule has 0 fully saturated rings. The van der Waals surface area contributed by atoms with Crippen molar-refractivity contribution in [2.24, 2.45) is 0 Å². The highest BCUT2D eigenvalue weighted by atomic mass is 16.5. The lowest BCUT2D eigenvalue weighted by atomic mass is 10.1. The number of hydrogen-bond acceptors (Lipinski definition) is 5. The average molecular weight is 288 g/mol. The monoisotopic (exact) mass is 288 g/mol. The Morgan fingerprint density at radius 2 is 1.90 bits per heavy atom. The van der Waals surface area contributed by atoms with E-state index in [1.54, 1.807) is 6.92 Å². The van der Waals surface area contributed by atoms with Crippen molar-refractivity contribution in [3.8, 4) is 0 Å². The molecule has 5 nitrogen and oxygen atoms in total. The third kappa shape index (κ3) is 13.5. The van der Waals surface area contributed by atoms with Gasteiger partial charge in [-0.2, -0.15) is 0 Å². The van der Waals surface area contributed by atoms with Gasteiger partial charge in [-0.25, -0.2) is 4.79 Å². The average Bonchev–Trinajstić information content (AvgIpc) is 2.44. The highest BCUT2D eigenvalue weighted by Gasteiger charge is 2.00. The molecule has 20 heavy (non-hydrogen) atoms. The lowest BCUT2D eigenvalue weighted by molar-refractivity contribution is -0.137. The van der Waals surface area contributed by atoms with Gasteiger partial charge in [0, 0.05) is 12.7 Å². The highest BCUT2D eigenvalue weighted by molar-refractivity contribution is 5.81. The summed E-state index contributed by atoms with van der Waals surface area (Å²) in [5.74, 6) is -0.269. The standard InChI is InChI=1S/C15H28O5/c1-2-20-15(18)10-8-6-4-3-5-7-9-11-19-13-14(17)12-16/h8,10,14,16-17H,2-7,9,11-13H2,1H3/b10-8+. The third-order valence-electron chi connectivity index (χ3n) is 2.72.